The first-order chi connectivity index (χ1) is 9.38. The molecule has 2 N–H and O–H groups in total. The summed E-state index contributed by atoms with van der Waals surface area (Å²) in [6.45, 7) is 0. The molecule has 0 saturated heterocycles. The minimum Gasteiger partial charge on any atom is -0.366 e. The van der Waals surface area contributed by atoms with Crippen LogP contribution in [0.5, 0.6) is 0 Å². The fraction of sp³-hybridized carbons (Fsp3) is 0.133. The molecule has 2 rings (SSSR count). The van der Waals surface area contributed by atoms with Crippen molar-refractivity contribution in [2.45, 2.75) is 11.3 Å². The SMILES string of the molecule is CS(=O)(=O)c1cccc(Cc2ccccc2C(N)=O)c1. The van der Waals surface area contributed by atoms with Crippen molar-refractivity contribution in [1.29, 1.82) is 0 Å². The van der Waals surface area contributed by atoms with Crippen molar-refractivity contribution in [3.63, 3.8) is 0 Å². The van der Waals surface area contributed by atoms with Gasteiger partial charge >= 0.3 is 0 Å². The molecule has 0 radical (unpaired) electrons. The lowest BCUT2D eigenvalue weighted by molar-refractivity contribution is 0.0999. The molecule has 0 spiro atoms. The lowest BCUT2D eigenvalue weighted by atomic mass is 9.99. The number of benzene rings is 2. The number of hydrogen-bond acceptors (Lipinski definition) is 3. The Labute approximate surface area is 118 Å². The minimum absolute atomic E-state index is 0.270. The summed E-state index contributed by atoms with van der Waals surface area (Å²) < 4.78 is 23.1. The Morgan fingerprint density at radius 3 is 2.45 bits per heavy atom. The van der Waals surface area contributed by atoms with Crippen molar-refractivity contribution in [3.05, 3.63) is 65.2 Å². The smallest absolute Gasteiger partial charge is 0.248 e. The van der Waals surface area contributed by atoms with Gasteiger partial charge in [0.05, 0.1) is 4.90 Å². The molecule has 4 nitrogen and oxygen atoms in total. The highest BCUT2D eigenvalue weighted by Gasteiger charge is 2.10. The molecule has 104 valence electrons. The van der Waals surface area contributed by atoms with Gasteiger partial charge in [-0.15, -0.1) is 0 Å². The van der Waals surface area contributed by atoms with Gasteiger partial charge in [-0.2, -0.15) is 0 Å². The summed E-state index contributed by atoms with van der Waals surface area (Å²) in [6, 6.07) is 13.7. The Morgan fingerprint density at radius 1 is 1.10 bits per heavy atom. The second-order valence-corrected chi connectivity index (χ2v) is 6.63. The van der Waals surface area contributed by atoms with E-state index in [2.05, 4.69) is 0 Å². The average molecular weight is 289 g/mol. The quantitative estimate of drug-likeness (QED) is 0.932. The fourth-order valence-corrected chi connectivity index (χ4v) is 2.71. The summed E-state index contributed by atoms with van der Waals surface area (Å²) >= 11 is 0. The molecule has 0 unspecified atom stereocenters. The van der Waals surface area contributed by atoms with E-state index < -0.39 is 15.7 Å². The summed E-state index contributed by atoms with van der Waals surface area (Å²) in [4.78, 5) is 11.6. The lowest BCUT2D eigenvalue weighted by Gasteiger charge is -2.08. The molecule has 0 aromatic heterocycles. The number of carbonyl (C=O) groups excluding carboxylic acids is 1. The normalized spacial score (nSPS) is 11.2. The monoisotopic (exact) mass is 289 g/mol. The predicted molar refractivity (Wildman–Crippen MR) is 77.3 cm³/mol. The van der Waals surface area contributed by atoms with Crippen molar-refractivity contribution in [2.75, 3.05) is 6.26 Å². The Bertz CT molecular complexity index is 751. The zero-order valence-electron chi connectivity index (χ0n) is 11.0. The first kappa shape index (κ1) is 14.3. The molecule has 2 aromatic rings. The molecule has 0 heterocycles. The molecular formula is C15H15NO3S. The van der Waals surface area contributed by atoms with E-state index in [1.165, 1.54) is 6.26 Å². The molecule has 0 fully saturated rings. The number of rotatable bonds is 4. The number of sulfone groups is 1. The molecule has 0 atom stereocenters. The van der Waals surface area contributed by atoms with Crippen LogP contribution in [0.2, 0.25) is 0 Å². The van der Waals surface area contributed by atoms with E-state index in [0.29, 0.717) is 12.0 Å². The number of nitrogens with two attached hydrogens (primary N) is 1. The number of carbonyl (C=O) groups is 1. The van der Waals surface area contributed by atoms with E-state index in [-0.39, 0.29) is 4.90 Å². The van der Waals surface area contributed by atoms with Crippen LogP contribution in [0.4, 0.5) is 0 Å². The second-order valence-electron chi connectivity index (χ2n) is 4.62. The van der Waals surface area contributed by atoms with E-state index in [0.717, 1.165) is 11.1 Å². The molecule has 5 heteroatoms. The molecule has 0 aliphatic carbocycles. The van der Waals surface area contributed by atoms with E-state index in [1.807, 2.05) is 18.2 Å². The third-order valence-corrected chi connectivity index (χ3v) is 4.11. The van der Waals surface area contributed by atoms with Crippen LogP contribution >= 0.6 is 0 Å². The van der Waals surface area contributed by atoms with Crippen LogP contribution in [0.25, 0.3) is 0 Å². The first-order valence-electron chi connectivity index (χ1n) is 6.04. The first-order valence-corrected chi connectivity index (χ1v) is 7.94. The number of hydrogen-bond donors (Lipinski definition) is 1. The zero-order chi connectivity index (χ0) is 14.8. The highest BCUT2D eigenvalue weighted by atomic mass is 32.2. The van der Waals surface area contributed by atoms with Gasteiger partial charge in [-0.3, -0.25) is 4.79 Å². The highest BCUT2D eigenvalue weighted by molar-refractivity contribution is 7.90. The van der Waals surface area contributed by atoms with Crippen LogP contribution in [0, 0.1) is 0 Å². The molecule has 2 aromatic carbocycles. The highest BCUT2D eigenvalue weighted by Crippen LogP contribution is 2.17. The Morgan fingerprint density at radius 2 is 1.80 bits per heavy atom. The van der Waals surface area contributed by atoms with E-state index >= 15 is 0 Å². The Hall–Kier alpha value is -2.14. The molecule has 0 saturated carbocycles. The topological polar surface area (TPSA) is 77.2 Å². The predicted octanol–water partition coefficient (Wildman–Crippen LogP) is 1.78. The summed E-state index contributed by atoms with van der Waals surface area (Å²) in [5.74, 6) is -0.486. The van der Waals surface area contributed by atoms with Crippen LogP contribution in [0.15, 0.2) is 53.4 Å². The second kappa shape index (κ2) is 5.46. The summed E-state index contributed by atoms with van der Waals surface area (Å²) in [7, 11) is -3.24. The van der Waals surface area contributed by atoms with Gasteiger partial charge in [0, 0.05) is 11.8 Å². The van der Waals surface area contributed by atoms with Gasteiger partial charge in [-0.25, -0.2) is 8.42 Å². The van der Waals surface area contributed by atoms with Crippen molar-refractivity contribution >= 4 is 15.7 Å². The van der Waals surface area contributed by atoms with Crippen LogP contribution in [-0.4, -0.2) is 20.6 Å². The van der Waals surface area contributed by atoms with Gasteiger partial charge in [-0.1, -0.05) is 30.3 Å². The zero-order valence-corrected chi connectivity index (χ0v) is 11.9. The van der Waals surface area contributed by atoms with Gasteiger partial charge in [0.2, 0.25) is 5.91 Å². The van der Waals surface area contributed by atoms with E-state index in [1.54, 1.807) is 30.3 Å². The molecular weight excluding hydrogens is 274 g/mol. The Kier molecular flexibility index (Phi) is 3.90. The third kappa shape index (κ3) is 3.24. The fourth-order valence-electron chi connectivity index (χ4n) is 2.02. The largest absolute Gasteiger partial charge is 0.366 e. The third-order valence-electron chi connectivity index (χ3n) is 3.00. The van der Waals surface area contributed by atoms with Gasteiger partial charge in [0.25, 0.3) is 0 Å². The van der Waals surface area contributed by atoms with Crippen LogP contribution in [-0.2, 0) is 16.3 Å². The molecule has 0 aliphatic rings. The van der Waals surface area contributed by atoms with Gasteiger partial charge in [0.15, 0.2) is 9.84 Å². The Balaban J connectivity index is 2.39. The van der Waals surface area contributed by atoms with Crippen LogP contribution in [0.1, 0.15) is 21.5 Å². The summed E-state index contributed by atoms with van der Waals surface area (Å²) in [6.07, 6.45) is 1.63. The van der Waals surface area contributed by atoms with E-state index in [9.17, 15) is 13.2 Å². The molecule has 0 aliphatic heterocycles. The van der Waals surface area contributed by atoms with Gasteiger partial charge in [-0.05, 0) is 35.7 Å². The maximum Gasteiger partial charge on any atom is 0.248 e. The summed E-state index contributed by atoms with van der Waals surface area (Å²) in [5.41, 5.74) is 7.39. The maximum absolute atomic E-state index is 11.5. The molecule has 20 heavy (non-hydrogen) atoms. The minimum atomic E-state index is -3.24. The van der Waals surface area contributed by atoms with Crippen LogP contribution < -0.4 is 5.73 Å². The standard InChI is InChI=1S/C15H15NO3S/c1-20(18,19)13-7-4-5-11(10-13)9-12-6-2-3-8-14(12)15(16)17/h2-8,10H,9H2,1H3,(H2,16,17). The number of amides is 1. The summed E-state index contributed by atoms with van der Waals surface area (Å²) in [5, 5.41) is 0. The lowest BCUT2D eigenvalue weighted by Crippen LogP contribution is -2.13. The van der Waals surface area contributed by atoms with Crippen molar-refractivity contribution in [1.82, 2.24) is 0 Å². The van der Waals surface area contributed by atoms with E-state index in [4.69, 9.17) is 5.73 Å². The molecule has 0 bridgehead atoms. The van der Waals surface area contributed by atoms with Gasteiger partial charge < -0.3 is 5.73 Å². The molecule has 1 amide bonds. The maximum atomic E-state index is 11.5. The van der Waals surface area contributed by atoms with Crippen molar-refractivity contribution in [3.8, 4) is 0 Å². The van der Waals surface area contributed by atoms with Crippen molar-refractivity contribution < 1.29 is 13.2 Å². The van der Waals surface area contributed by atoms with Gasteiger partial charge in [0.1, 0.15) is 0 Å². The average Bonchev–Trinajstić information content (AvgIpc) is 2.38. The number of primary amides is 1. The van der Waals surface area contributed by atoms with Crippen molar-refractivity contribution in [2.24, 2.45) is 5.73 Å². The van der Waals surface area contributed by atoms with Crippen LogP contribution in [0.3, 0.4) is 0 Å².